The molecular formula is C20H17F3N2O3. The van der Waals surface area contributed by atoms with Crippen molar-refractivity contribution in [2.24, 2.45) is 22.7 Å². The van der Waals surface area contributed by atoms with Gasteiger partial charge in [-0.1, -0.05) is 24.3 Å². The molecule has 0 aromatic heterocycles. The lowest BCUT2D eigenvalue weighted by molar-refractivity contribution is -0.144. The van der Waals surface area contributed by atoms with Gasteiger partial charge in [0.15, 0.2) is 0 Å². The van der Waals surface area contributed by atoms with Crippen LogP contribution in [0.1, 0.15) is 29.8 Å². The van der Waals surface area contributed by atoms with Gasteiger partial charge in [0.1, 0.15) is 0 Å². The zero-order valence-corrected chi connectivity index (χ0v) is 15.1. The molecule has 28 heavy (non-hydrogen) atoms. The smallest absolute Gasteiger partial charge is 0.272 e. The third-order valence-corrected chi connectivity index (χ3v) is 6.45. The second kappa shape index (κ2) is 5.56. The van der Waals surface area contributed by atoms with E-state index in [1.54, 1.807) is 13.8 Å². The van der Waals surface area contributed by atoms with Crippen LogP contribution >= 0.6 is 0 Å². The third-order valence-electron chi connectivity index (χ3n) is 6.45. The Balaban J connectivity index is 1.61. The fourth-order valence-electron chi connectivity index (χ4n) is 4.43. The van der Waals surface area contributed by atoms with Crippen molar-refractivity contribution in [1.82, 2.24) is 10.4 Å². The van der Waals surface area contributed by atoms with Crippen molar-refractivity contribution in [2.45, 2.75) is 20.0 Å². The molecule has 1 aliphatic heterocycles. The Kier molecular flexibility index (Phi) is 3.67. The molecule has 0 spiro atoms. The molecule has 1 heterocycles. The molecule has 2 bridgehead atoms. The standard InChI is InChI=1S/C20H17F3N2O3/c1-18-12-7-9-13(10-8-12)19(18,2)17(28)25(16(18)27)24-15(26)11-3-5-14(6-4-11)20(21,22)23/h3-10,12-13H,1-2H3,(H,24,26)/t12?,13?,18-,19+. The highest BCUT2D eigenvalue weighted by Gasteiger charge is 2.71. The number of amides is 3. The lowest BCUT2D eigenvalue weighted by atomic mass is 9.50. The minimum Gasteiger partial charge on any atom is -0.272 e. The molecule has 146 valence electrons. The zero-order valence-electron chi connectivity index (χ0n) is 15.1. The highest BCUT2D eigenvalue weighted by Crippen LogP contribution is 2.62. The monoisotopic (exact) mass is 390 g/mol. The first-order chi connectivity index (χ1) is 13.0. The number of hydrogen-bond acceptors (Lipinski definition) is 3. The van der Waals surface area contributed by atoms with Gasteiger partial charge in [0.2, 0.25) is 0 Å². The van der Waals surface area contributed by atoms with E-state index in [1.165, 1.54) is 0 Å². The summed E-state index contributed by atoms with van der Waals surface area (Å²) in [6, 6.07) is 3.57. The Hall–Kier alpha value is -2.90. The van der Waals surface area contributed by atoms with Gasteiger partial charge in [-0.15, -0.1) is 0 Å². The van der Waals surface area contributed by atoms with E-state index in [4.69, 9.17) is 0 Å². The third kappa shape index (κ3) is 2.17. The van der Waals surface area contributed by atoms with Gasteiger partial charge >= 0.3 is 6.18 Å². The van der Waals surface area contributed by atoms with Crippen LogP contribution in [0.2, 0.25) is 0 Å². The SMILES string of the molecule is C[C@@]12C(=O)N(NC(=O)c3ccc(C(F)(F)F)cc3)C(=O)[C@]1(C)C1C=CC2C=C1. The Labute approximate surface area is 158 Å². The normalized spacial score (nSPS) is 33.4. The molecule has 1 aromatic rings. The lowest BCUT2D eigenvalue weighted by Crippen LogP contribution is -2.52. The number of hydrazine groups is 1. The predicted molar refractivity (Wildman–Crippen MR) is 92.2 cm³/mol. The average molecular weight is 390 g/mol. The van der Waals surface area contributed by atoms with E-state index >= 15 is 0 Å². The summed E-state index contributed by atoms with van der Waals surface area (Å²) in [5.74, 6) is -2.42. The Morgan fingerprint density at radius 1 is 0.929 bits per heavy atom. The van der Waals surface area contributed by atoms with Gasteiger partial charge in [-0.3, -0.25) is 19.8 Å². The molecule has 8 heteroatoms. The first-order valence-corrected chi connectivity index (χ1v) is 8.75. The summed E-state index contributed by atoms with van der Waals surface area (Å²) in [6.07, 6.45) is 3.03. The van der Waals surface area contributed by atoms with E-state index in [9.17, 15) is 27.6 Å². The Morgan fingerprint density at radius 3 is 1.75 bits per heavy atom. The number of carbonyl (C=O) groups is 3. The maximum Gasteiger partial charge on any atom is 0.416 e. The topological polar surface area (TPSA) is 66.5 Å². The Bertz CT molecular complexity index is 896. The van der Waals surface area contributed by atoms with E-state index < -0.39 is 40.3 Å². The minimum absolute atomic E-state index is 0.0852. The summed E-state index contributed by atoms with van der Waals surface area (Å²) in [5.41, 5.74) is -0.762. The number of imide groups is 1. The minimum atomic E-state index is -4.52. The van der Waals surface area contributed by atoms with Gasteiger partial charge in [-0.25, -0.2) is 0 Å². The Morgan fingerprint density at radius 2 is 1.36 bits per heavy atom. The van der Waals surface area contributed by atoms with Gasteiger partial charge < -0.3 is 0 Å². The number of benzene rings is 1. The molecule has 0 radical (unpaired) electrons. The number of hydrogen-bond donors (Lipinski definition) is 1. The van der Waals surface area contributed by atoms with Crippen LogP contribution in [0.15, 0.2) is 48.6 Å². The largest absolute Gasteiger partial charge is 0.416 e. The van der Waals surface area contributed by atoms with Crippen molar-refractivity contribution in [3.63, 3.8) is 0 Å². The van der Waals surface area contributed by atoms with Crippen LogP contribution in [-0.2, 0) is 15.8 Å². The number of halogens is 3. The summed E-state index contributed by atoms with van der Waals surface area (Å²) < 4.78 is 38.0. The summed E-state index contributed by atoms with van der Waals surface area (Å²) in [4.78, 5) is 38.7. The number of rotatable bonds is 2. The van der Waals surface area contributed by atoms with E-state index in [1.807, 2.05) is 24.3 Å². The van der Waals surface area contributed by atoms with Crippen molar-refractivity contribution >= 4 is 17.7 Å². The number of carbonyl (C=O) groups excluding carboxylic acids is 3. The van der Waals surface area contributed by atoms with Gasteiger partial charge in [-0.2, -0.15) is 18.2 Å². The summed E-state index contributed by atoms with van der Waals surface area (Å²) in [7, 11) is 0. The first-order valence-electron chi connectivity index (χ1n) is 8.75. The van der Waals surface area contributed by atoms with Crippen LogP contribution in [0.5, 0.6) is 0 Å². The number of allylic oxidation sites excluding steroid dienone is 4. The second-order valence-corrected chi connectivity index (χ2v) is 7.69. The molecule has 0 saturated carbocycles. The highest BCUT2D eigenvalue weighted by molar-refractivity contribution is 6.12. The molecule has 1 fully saturated rings. The number of alkyl halides is 3. The van der Waals surface area contributed by atoms with E-state index in [-0.39, 0.29) is 17.4 Å². The van der Waals surface area contributed by atoms with Crippen LogP contribution in [0.25, 0.3) is 0 Å². The van der Waals surface area contributed by atoms with Gasteiger partial charge in [-0.05, 0) is 38.1 Å². The molecular weight excluding hydrogens is 373 g/mol. The van der Waals surface area contributed by atoms with Crippen molar-refractivity contribution < 1.29 is 27.6 Å². The first kappa shape index (κ1) is 18.5. The van der Waals surface area contributed by atoms with Crippen LogP contribution in [-0.4, -0.2) is 22.7 Å². The molecule has 5 rings (SSSR count). The summed E-state index contributed by atoms with van der Waals surface area (Å²) in [6.45, 7) is 3.42. The maximum atomic E-state index is 13.1. The highest BCUT2D eigenvalue weighted by atomic mass is 19.4. The van der Waals surface area contributed by atoms with Gasteiger partial charge in [0.25, 0.3) is 17.7 Å². The van der Waals surface area contributed by atoms with Crippen molar-refractivity contribution in [1.29, 1.82) is 0 Å². The number of nitrogens with zero attached hydrogens (tertiary/aromatic N) is 1. The van der Waals surface area contributed by atoms with Crippen molar-refractivity contribution in [3.05, 3.63) is 59.7 Å². The second-order valence-electron chi connectivity index (χ2n) is 7.69. The molecule has 4 aliphatic rings. The van der Waals surface area contributed by atoms with Crippen LogP contribution < -0.4 is 5.43 Å². The molecule has 5 nitrogen and oxygen atoms in total. The number of nitrogens with one attached hydrogen (secondary N) is 1. The molecule has 1 saturated heterocycles. The van der Waals surface area contributed by atoms with Crippen LogP contribution in [0.3, 0.4) is 0 Å². The summed E-state index contributed by atoms with van der Waals surface area (Å²) in [5, 5.41) is 0.722. The molecule has 1 N–H and O–H groups in total. The van der Waals surface area contributed by atoms with Crippen molar-refractivity contribution in [2.75, 3.05) is 0 Å². The average Bonchev–Trinajstić information content (AvgIpc) is 2.83. The van der Waals surface area contributed by atoms with E-state index in [0.717, 1.165) is 29.3 Å². The molecule has 3 amide bonds. The fraction of sp³-hybridized carbons (Fsp3) is 0.350. The molecule has 1 aromatic carbocycles. The fourth-order valence-corrected chi connectivity index (χ4v) is 4.43. The van der Waals surface area contributed by atoms with E-state index in [2.05, 4.69) is 5.43 Å². The molecule has 2 atom stereocenters. The quantitative estimate of drug-likeness (QED) is 0.623. The van der Waals surface area contributed by atoms with Crippen LogP contribution in [0, 0.1) is 22.7 Å². The molecule has 3 aliphatic carbocycles. The van der Waals surface area contributed by atoms with Gasteiger partial charge in [0.05, 0.1) is 16.4 Å². The zero-order chi connectivity index (χ0) is 20.5. The van der Waals surface area contributed by atoms with E-state index in [0.29, 0.717) is 0 Å². The summed E-state index contributed by atoms with van der Waals surface area (Å²) >= 11 is 0. The van der Waals surface area contributed by atoms with Crippen LogP contribution in [0.4, 0.5) is 13.2 Å². The van der Waals surface area contributed by atoms with Crippen molar-refractivity contribution in [3.8, 4) is 0 Å². The molecule has 0 unspecified atom stereocenters. The van der Waals surface area contributed by atoms with Gasteiger partial charge in [0, 0.05) is 17.4 Å². The predicted octanol–water partition coefficient (Wildman–Crippen LogP) is 3.10. The maximum absolute atomic E-state index is 13.1. The lowest BCUT2D eigenvalue weighted by Gasteiger charge is -2.49.